The number of nitrogens with one attached hydrogen (secondary N) is 1. The van der Waals surface area contributed by atoms with Gasteiger partial charge in [0.15, 0.2) is 11.7 Å². The van der Waals surface area contributed by atoms with Crippen LogP contribution in [0.1, 0.15) is 5.76 Å². The van der Waals surface area contributed by atoms with Gasteiger partial charge in [-0.3, -0.25) is 0 Å². The van der Waals surface area contributed by atoms with Gasteiger partial charge in [0.05, 0.1) is 6.54 Å². The summed E-state index contributed by atoms with van der Waals surface area (Å²) in [5.41, 5.74) is 11.1. The van der Waals surface area contributed by atoms with E-state index in [1.54, 1.807) is 17.5 Å². The van der Waals surface area contributed by atoms with Gasteiger partial charge >= 0.3 is 0 Å². The molecule has 0 aliphatic carbocycles. The fourth-order valence-corrected chi connectivity index (χ4v) is 2.72. The maximum atomic E-state index is 11.6. The van der Waals surface area contributed by atoms with Gasteiger partial charge in [-0.05, 0) is 12.1 Å². The lowest BCUT2D eigenvalue weighted by Crippen LogP contribution is -2.35. The zero-order valence-electron chi connectivity index (χ0n) is 12.0. The third-order valence-corrected chi connectivity index (χ3v) is 4.75. The third-order valence-electron chi connectivity index (χ3n) is 2.54. The highest BCUT2D eigenvalue weighted by molar-refractivity contribution is 7.87. The summed E-state index contributed by atoms with van der Waals surface area (Å²) >= 11 is 1.27. The van der Waals surface area contributed by atoms with Crippen LogP contribution in [0.5, 0.6) is 0 Å². The number of nitrogens with two attached hydrogens (primary N) is 2. The molecule has 2 aromatic rings. The molecule has 9 nitrogen and oxygen atoms in total. The first-order chi connectivity index (χ1) is 10.3. The van der Waals surface area contributed by atoms with Crippen molar-refractivity contribution in [1.29, 1.82) is 0 Å². The minimum atomic E-state index is -3.50. The minimum Gasteiger partial charge on any atom is -0.458 e. The van der Waals surface area contributed by atoms with Crippen LogP contribution in [-0.4, -0.2) is 37.8 Å². The van der Waals surface area contributed by atoms with Crippen molar-refractivity contribution in [2.45, 2.75) is 6.54 Å². The Morgan fingerprint density at radius 2 is 2.18 bits per heavy atom. The molecule has 0 aliphatic heterocycles. The van der Waals surface area contributed by atoms with E-state index >= 15 is 0 Å². The number of thiazole rings is 1. The van der Waals surface area contributed by atoms with E-state index in [-0.39, 0.29) is 12.5 Å². The Morgan fingerprint density at radius 3 is 2.82 bits per heavy atom. The molecule has 5 N–H and O–H groups in total. The normalized spacial score (nSPS) is 11.8. The van der Waals surface area contributed by atoms with Crippen molar-refractivity contribution in [3.63, 3.8) is 0 Å². The molecule has 0 aliphatic rings. The molecule has 0 spiro atoms. The van der Waals surface area contributed by atoms with Gasteiger partial charge < -0.3 is 15.9 Å². The summed E-state index contributed by atoms with van der Waals surface area (Å²) in [5, 5.41) is 2.16. The van der Waals surface area contributed by atoms with Crippen molar-refractivity contribution in [1.82, 2.24) is 14.0 Å². The van der Waals surface area contributed by atoms with Crippen molar-refractivity contribution in [3.8, 4) is 11.5 Å². The molecule has 2 heterocycles. The highest BCUT2D eigenvalue weighted by Gasteiger charge is 2.14. The zero-order chi connectivity index (χ0) is 16.3. The van der Waals surface area contributed by atoms with Crippen molar-refractivity contribution >= 4 is 32.6 Å². The number of aromatic nitrogens is 1. The lowest BCUT2D eigenvalue weighted by molar-refractivity contribution is 0.482. The van der Waals surface area contributed by atoms with E-state index in [4.69, 9.17) is 15.9 Å². The molecule has 11 heteroatoms. The molecule has 0 radical (unpaired) electrons. The number of hydrogen-bond acceptors (Lipinski definition) is 6. The van der Waals surface area contributed by atoms with Crippen LogP contribution in [0.4, 0.5) is 5.13 Å². The second-order valence-corrected chi connectivity index (χ2v) is 7.23. The minimum absolute atomic E-state index is 0.0470. The molecular formula is C11H16N6O3S2. The number of hydrogen-bond donors (Lipinski definition) is 3. The van der Waals surface area contributed by atoms with E-state index in [2.05, 4.69) is 14.7 Å². The standard InChI is InChI=1S/C11H16N6O3S2/c1-17(2)22(18,19)14-5-7-3-4-9(20-7)8-6-21-11(15-8)16-10(12)13/h3-4,6,14H,5H2,1-2H3,(H4,12,13,15,16). The first kappa shape index (κ1) is 16.4. The van der Waals surface area contributed by atoms with E-state index in [0.717, 1.165) is 4.31 Å². The topological polar surface area (TPSA) is 140 Å². The van der Waals surface area contributed by atoms with E-state index < -0.39 is 10.2 Å². The number of nitrogens with zero attached hydrogens (tertiary/aromatic N) is 3. The quantitative estimate of drug-likeness (QED) is 0.505. The van der Waals surface area contributed by atoms with Crippen molar-refractivity contribution < 1.29 is 12.8 Å². The molecular weight excluding hydrogens is 328 g/mol. The Morgan fingerprint density at radius 1 is 1.45 bits per heavy atom. The lowest BCUT2D eigenvalue weighted by Gasteiger charge is -2.10. The van der Waals surface area contributed by atoms with Crippen molar-refractivity contribution in [2.24, 2.45) is 16.5 Å². The zero-order valence-corrected chi connectivity index (χ0v) is 13.6. The van der Waals surface area contributed by atoms with Crippen molar-refractivity contribution in [2.75, 3.05) is 14.1 Å². The summed E-state index contributed by atoms with van der Waals surface area (Å²) in [6.07, 6.45) is 0. The molecule has 0 fully saturated rings. The van der Waals surface area contributed by atoms with Gasteiger partial charge in [-0.25, -0.2) is 4.98 Å². The third kappa shape index (κ3) is 4.04. The van der Waals surface area contributed by atoms with Crippen LogP contribution >= 0.6 is 11.3 Å². The highest BCUT2D eigenvalue weighted by Crippen LogP contribution is 2.27. The molecule has 0 saturated heterocycles. The summed E-state index contributed by atoms with van der Waals surface area (Å²) in [4.78, 5) is 8.04. The van der Waals surface area contributed by atoms with E-state index in [9.17, 15) is 8.42 Å². The largest absolute Gasteiger partial charge is 0.458 e. The monoisotopic (exact) mass is 344 g/mol. The number of aliphatic imine (C=N–C) groups is 1. The fourth-order valence-electron chi connectivity index (χ4n) is 1.44. The average molecular weight is 344 g/mol. The summed E-state index contributed by atoms with van der Waals surface area (Å²) in [6.45, 7) is 0.0470. The number of guanidine groups is 1. The van der Waals surface area contributed by atoms with Crippen LogP contribution in [0, 0.1) is 0 Å². The highest BCUT2D eigenvalue weighted by atomic mass is 32.2. The van der Waals surface area contributed by atoms with Gasteiger partial charge in [-0.15, -0.1) is 11.3 Å². The second kappa shape index (κ2) is 6.44. The van der Waals surface area contributed by atoms with E-state index in [1.165, 1.54) is 25.4 Å². The number of rotatable bonds is 6. The van der Waals surface area contributed by atoms with Crippen LogP contribution in [0.15, 0.2) is 26.9 Å². The second-order valence-electron chi connectivity index (χ2n) is 4.43. The molecule has 0 aromatic carbocycles. The van der Waals surface area contributed by atoms with Crippen LogP contribution < -0.4 is 16.2 Å². The van der Waals surface area contributed by atoms with Gasteiger partial charge in [-0.1, -0.05) is 0 Å². The van der Waals surface area contributed by atoms with Crippen LogP contribution in [0.3, 0.4) is 0 Å². The Bertz CT molecular complexity index is 773. The van der Waals surface area contributed by atoms with Gasteiger partial charge in [0.2, 0.25) is 5.13 Å². The lowest BCUT2D eigenvalue weighted by atomic mass is 10.3. The van der Waals surface area contributed by atoms with Crippen molar-refractivity contribution in [3.05, 3.63) is 23.3 Å². The molecule has 2 rings (SSSR count). The molecule has 0 saturated carbocycles. The van der Waals surface area contributed by atoms with Crippen LogP contribution in [0.25, 0.3) is 11.5 Å². The van der Waals surface area contributed by atoms with Gasteiger partial charge in [0.25, 0.3) is 10.2 Å². The SMILES string of the molecule is CN(C)S(=O)(=O)NCc1ccc(-c2csc(N=C(N)N)n2)o1. The van der Waals surface area contributed by atoms with Crippen LogP contribution in [0.2, 0.25) is 0 Å². The van der Waals surface area contributed by atoms with E-state index in [1.807, 2.05) is 0 Å². The molecule has 0 unspecified atom stereocenters. The summed E-state index contributed by atoms with van der Waals surface area (Å²) in [7, 11) is -0.615. The fraction of sp³-hybridized carbons (Fsp3) is 0.273. The Kier molecular flexibility index (Phi) is 4.81. The predicted molar refractivity (Wildman–Crippen MR) is 84.7 cm³/mol. The number of furan rings is 1. The first-order valence-corrected chi connectivity index (χ1v) is 8.41. The molecule has 0 bridgehead atoms. The van der Waals surface area contributed by atoms with E-state index in [0.29, 0.717) is 22.3 Å². The maximum absolute atomic E-state index is 11.6. The van der Waals surface area contributed by atoms with Gasteiger partial charge in [-0.2, -0.15) is 22.4 Å². The Hall–Kier alpha value is -1.95. The molecule has 22 heavy (non-hydrogen) atoms. The smallest absolute Gasteiger partial charge is 0.279 e. The van der Waals surface area contributed by atoms with Gasteiger partial charge in [0, 0.05) is 19.5 Å². The first-order valence-electron chi connectivity index (χ1n) is 6.09. The predicted octanol–water partition coefficient (Wildman–Crippen LogP) is 0.204. The molecule has 2 aromatic heterocycles. The maximum Gasteiger partial charge on any atom is 0.279 e. The summed E-state index contributed by atoms with van der Waals surface area (Å²) < 4.78 is 32.3. The molecule has 120 valence electrons. The summed E-state index contributed by atoms with van der Waals surface area (Å²) in [5.74, 6) is 0.906. The Balaban J connectivity index is 2.09. The average Bonchev–Trinajstić information content (AvgIpc) is 3.04. The van der Waals surface area contributed by atoms with Crippen LogP contribution in [-0.2, 0) is 16.8 Å². The van der Waals surface area contributed by atoms with Gasteiger partial charge in [0.1, 0.15) is 11.5 Å². The Labute approximate surface area is 131 Å². The molecule has 0 atom stereocenters. The molecule has 0 amide bonds. The summed E-state index contributed by atoms with van der Waals surface area (Å²) in [6, 6.07) is 3.38.